The van der Waals surface area contributed by atoms with E-state index in [2.05, 4.69) is 49.2 Å². The molecule has 1 heterocycles. The van der Waals surface area contributed by atoms with Crippen LogP contribution in [0.3, 0.4) is 0 Å². The number of benzene rings is 1. The van der Waals surface area contributed by atoms with Crippen molar-refractivity contribution in [3.05, 3.63) is 36.2 Å². The molecule has 0 aliphatic heterocycles. The standard InChI is InChI=1S/C16H24N6S.HI/c1-17-16(18-8-3-4-9-23-2)19-11-13-6-5-7-14(10-13)15-20-12-21-22-15;/h5-7,10,12H,3-4,8-9,11H2,1-2H3,(H2,17,18,19)(H,20,21,22);1H. The molecule has 0 amide bonds. The Hall–Kier alpha value is -1.29. The summed E-state index contributed by atoms with van der Waals surface area (Å²) in [5.41, 5.74) is 2.20. The van der Waals surface area contributed by atoms with Crippen LogP contribution >= 0.6 is 35.7 Å². The predicted octanol–water partition coefficient (Wildman–Crippen LogP) is 2.90. The lowest BCUT2D eigenvalue weighted by atomic mass is 10.1. The zero-order chi connectivity index (χ0) is 16.3. The maximum absolute atomic E-state index is 4.25. The van der Waals surface area contributed by atoms with E-state index in [0.29, 0.717) is 6.54 Å². The molecule has 0 radical (unpaired) electrons. The molecule has 0 unspecified atom stereocenters. The third-order valence-electron chi connectivity index (χ3n) is 3.37. The molecule has 0 saturated heterocycles. The molecule has 0 spiro atoms. The maximum Gasteiger partial charge on any atom is 0.191 e. The summed E-state index contributed by atoms with van der Waals surface area (Å²) in [5.74, 6) is 2.82. The van der Waals surface area contributed by atoms with E-state index in [1.54, 1.807) is 7.05 Å². The van der Waals surface area contributed by atoms with Crippen molar-refractivity contribution in [2.24, 2.45) is 4.99 Å². The van der Waals surface area contributed by atoms with Gasteiger partial charge in [-0.1, -0.05) is 18.2 Å². The number of aromatic nitrogens is 3. The van der Waals surface area contributed by atoms with Gasteiger partial charge in [0.25, 0.3) is 0 Å². The fourth-order valence-electron chi connectivity index (χ4n) is 2.16. The Bertz CT molecular complexity index is 602. The fourth-order valence-corrected chi connectivity index (χ4v) is 2.65. The SMILES string of the molecule is CN=C(NCCCCSC)NCc1cccc(-c2ncn[nH]2)c1.I. The lowest BCUT2D eigenvalue weighted by molar-refractivity contribution is 0.733. The molecule has 6 nitrogen and oxygen atoms in total. The van der Waals surface area contributed by atoms with Gasteiger partial charge in [0.15, 0.2) is 11.8 Å². The number of hydrogen-bond acceptors (Lipinski definition) is 4. The second-order valence-corrected chi connectivity index (χ2v) is 6.07. The van der Waals surface area contributed by atoms with Crippen molar-refractivity contribution in [2.45, 2.75) is 19.4 Å². The Labute approximate surface area is 164 Å². The summed E-state index contributed by atoms with van der Waals surface area (Å²) >= 11 is 1.89. The third kappa shape index (κ3) is 7.08. The Morgan fingerprint density at radius 3 is 2.88 bits per heavy atom. The quantitative estimate of drug-likeness (QED) is 0.245. The van der Waals surface area contributed by atoms with Crippen LogP contribution in [0.15, 0.2) is 35.6 Å². The van der Waals surface area contributed by atoms with Gasteiger partial charge in [0.1, 0.15) is 6.33 Å². The van der Waals surface area contributed by atoms with Crippen molar-refractivity contribution < 1.29 is 0 Å². The first kappa shape index (κ1) is 20.8. The number of aromatic amines is 1. The average Bonchev–Trinajstić information content (AvgIpc) is 3.12. The number of thioether (sulfide) groups is 1. The van der Waals surface area contributed by atoms with Crippen LogP contribution in [0.4, 0.5) is 0 Å². The zero-order valence-electron chi connectivity index (χ0n) is 14.1. The van der Waals surface area contributed by atoms with Crippen molar-refractivity contribution in [1.29, 1.82) is 0 Å². The Balaban J connectivity index is 0.00000288. The maximum atomic E-state index is 4.25. The number of rotatable bonds is 8. The lowest BCUT2D eigenvalue weighted by Crippen LogP contribution is -2.37. The molecular formula is C16H25IN6S. The fraction of sp³-hybridized carbons (Fsp3) is 0.438. The molecule has 0 atom stereocenters. The first-order valence-electron chi connectivity index (χ1n) is 7.71. The first-order chi connectivity index (χ1) is 11.3. The number of aliphatic imine (C=N–C) groups is 1. The topological polar surface area (TPSA) is 78.0 Å². The molecule has 0 fully saturated rings. The Morgan fingerprint density at radius 1 is 1.29 bits per heavy atom. The minimum Gasteiger partial charge on any atom is -0.356 e. The van der Waals surface area contributed by atoms with Crippen LogP contribution in [0, 0.1) is 0 Å². The van der Waals surface area contributed by atoms with Crippen LogP contribution in [0.25, 0.3) is 11.4 Å². The van der Waals surface area contributed by atoms with Crippen molar-refractivity contribution in [3.63, 3.8) is 0 Å². The highest BCUT2D eigenvalue weighted by Gasteiger charge is 2.03. The Kier molecular flexibility index (Phi) is 10.5. The summed E-state index contributed by atoms with van der Waals surface area (Å²) < 4.78 is 0. The van der Waals surface area contributed by atoms with E-state index >= 15 is 0 Å². The molecule has 1 aromatic heterocycles. The monoisotopic (exact) mass is 460 g/mol. The smallest absolute Gasteiger partial charge is 0.191 e. The normalized spacial score (nSPS) is 11.0. The molecular weight excluding hydrogens is 435 g/mol. The molecule has 2 rings (SSSR count). The lowest BCUT2D eigenvalue weighted by Gasteiger charge is -2.12. The van der Waals surface area contributed by atoms with Gasteiger partial charge < -0.3 is 10.6 Å². The van der Waals surface area contributed by atoms with Gasteiger partial charge in [-0.2, -0.15) is 16.9 Å². The molecule has 132 valence electrons. The highest BCUT2D eigenvalue weighted by Crippen LogP contribution is 2.15. The minimum absolute atomic E-state index is 0. The molecule has 3 N–H and O–H groups in total. The van der Waals surface area contributed by atoms with Crippen LogP contribution < -0.4 is 10.6 Å². The van der Waals surface area contributed by atoms with E-state index in [-0.39, 0.29) is 24.0 Å². The number of nitrogens with zero attached hydrogens (tertiary/aromatic N) is 3. The van der Waals surface area contributed by atoms with Gasteiger partial charge >= 0.3 is 0 Å². The van der Waals surface area contributed by atoms with Gasteiger partial charge in [-0.05, 0) is 36.5 Å². The van der Waals surface area contributed by atoms with Gasteiger partial charge in [0, 0.05) is 25.7 Å². The van der Waals surface area contributed by atoms with Gasteiger partial charge in [-0.25, -0.2) is 4.98 Å². The number of halogens is 1. The van der Waals surface area contributed by atoms with E-state index in [1.807, 2.05) is 23.9 Å². The second-order valence-electron chi connectivity index (χ2n) is 5.09. The molecule has 0 aliphatic rings. The van der Waals surface area contributed by atoms with Crippen molar-refractivity contribution in [3.8, 4) is 11.4 Å². The van der Waals surface area contributed by atoms with Gasteiger partial charge in [0.2, 0.25) is 0 Å². The van der Waals surface area contributed by atoms with Crippen molar-refractivity contribution in [2.75, 3.05) is 25.6 Å². The van der Waals surface area contributed by atoms with E-state index in [9.17, 15) is 0 Å². The molecule has 8 heteroatoms. The predicted molar refractivity (Wildman–Crippen MR) is 113 cm³/mol. The number of guanidine groups is 1. The largest absolute Gasteiger partial charge is 0.356 e. The van der Waals surface area contributed by atoms with Gasteiger partial charge in [0.05, 0.1) is 0 Å². The minimum atomic E-state index is 0. The first-order valence-corrected chi connectivity index (χ1v) is 9.11. The van der Waals surface area contributed by atoms with Crippen LogP contribution in [-0.4, -0.2) is 46.7 Å². The number of unbranched alkanes of at least 4 members (excludes halogenated alkanes) is 1. The van der Waals surface area contributed by atoms with E-state index in [1.165, 1.54) is 24.1 Å². The molecule has 0 aliphatic carbocycles. The van der Waals surface area contributed by atoms with Crippen LogP contribution in [0.5, 0.6) is 0 Å². The summed E-state index contributed by atoms with van der Waals surface area (Å²) in [4.78, 5) is 8.43. The van der Waals surface area contributed by atoms with Crippen LogP contribution in [-0.2, 0) is 6.54 Å². The van der Waals surface area contributed by atoms with E-state index in [0.717, 1.165) is 30.3 Å². The molecule has 2 aromatic rings. The highest BCUT2D eigenvalue weighted by molar-refractivity contribution is 14.0. The number of H-pyrrole nitrogens is 1. The summed E-state index contributed by atoms with van der Waals surface area (Å²) in [6.07, 6.45) is 6.04. The Morgan fingerprint density at radius 2 is 2.17 bits per heavy atom. The second kappa shape index (κ2) is 12.1. The van der Waals surface area contributed by atoms with E-state index in [4.69, 9.17) is 0 Å². The van der Waals surface area contributed by atoms with E-state index < -0.39 is 0 Å². The van der Waals surface area contributed by atoms with Crippen LogP contribution in [0.2, 0.25) is 0 Å². The van der Waals surface area contributed by atoms with Gasteiger partial charge in [-0.15, -0.1) is 24.0 Å². The average molecular weight is 460 g/mol. The van der Waals surface area contributed by atoms with Crippen molar-refractivity contribution in [1.82, 2.24) is 25.8 Å². The van der Waals surface area contributed by atoms with Gasteiger partial charge in [-0.3, -0.25) is 10.1 Å². The zero-order valence-corrected chi connectivity index (χ0v) is 17.2. The van der Waals surface area contributed by atoms with Crippen molar-refractivity contribution >= 4 is 41.7 Å². The summed E-state index contributed by atoms with van der Waals surface area (Å²) in [7, 11) is 1.79. The summed E-state index contributed by atoms with van der Waals surface area (Å²) in [5, 5.41) is 13.4. The third-order valence-corrected chi connectivity index (χ3v) is 4.06. The molecule has 24 heavy (non-hydrogen) atoms. The van der Waals surface area contributed by atoms with Crippen LogP contribution in [0.1, 0.15) is 18.4 Å². The molecule has 1 aromatic carbocycles. The molecule has 0 saturated carbocycles. The number of hydrogen-bond donors (Lipinski definition) is 3. The summed E-state index contributed by atoms with van der Waals surface area (Å²) in [6.45, 7) is 1.66. The highest BCUT2D eigenvalue weighted by atomic mass is 127. The molecule has 0 bridgehead atoms. The number of nitrogens with one attached hydrogen (secondary N) is 3. The summed E-state index contributed by atoms with van der Waals surface area (Å²) in [6, 6.07) is 8.22.